The maximum absolute atomic E-state index is 4.65. The zero-order valence-electron chi connectivity index (χ0n) is 13.8. The molecule has 0 saturated carbocycles. The SMILES string of the molecule is c1ccc2cc(CCCCCc3nc4ccccc4[nH]3)ccc2c1. The topological polar surface area (TPSA) is 28.7 Å². The number of fused-ring (bicyclic) bond motifs is 2. The van der Waals surface area contributed by atoms with E-state index in [0.29, 0.717) is 0 Å². The van der Waals surface area contributed by atoms with Gasteiger partial charge >= 0.3 is 0 Å². The van der Waals surface area contributed by atoms with Gasteiger partial charge in [-0.05, 0) is 47.7 Å². The van der Waals surface area contributed by atoms with E-state index in [0.717, 1.165) is 29.7 Å². The first-order valence-corrected chi connectivity index (χ1v) is 8.80. The molecule has 0 spiro atoms. The smallest absolute Gasteiger partial charge is 0.107 e. The van der Waals surface area contributed by atoms with Crippen LogP contribution in [0.15, 0.2) is 66.7 Å². The van der Waals surface area contributed by atoms with Gasteiger partial charge in [0.2, 0.25) is 0 Å². The lowest BCUT2D eigenvalue weighted by molar-refractivity contribution is 0.666. The number of aryl methyl sites for hydroxylation is 2. The molecule has 24 heavy (non-hydrogen) atoms. The molecule has 0 bridgehead atoms. The molecular formula is C22H22N2. The summed E-state index contributed by atoms with van der Waals surface area (Å²) < 4.78 is 0. The van der Waals surface area contributed by atoms with Gasteiger partial charge in [0.25, 0.3) is 0 Å². The highest BCUT2D eigenvalue weighted by Crippen LogP contribution is 2.18. The van der Waals surface area contributed by atoms with Crippen LogP contribution in [0.1, 0.15) is 30.7 Å². The van der Waals surface area contributed by atoms with Crippen molar-refractivity contribution in [1.82, 2.24) is 9.97 Å². The van der Waals surface area contributed by atoms with Crippen LogP contribution in [0.4, 0.5) is 0 Å². The number of hydrogen-bond donors (Lipinski definition) is 1. The van der Waals surface area contributed by atoms with Gasteiger partial charge in [0, 0.05) is 6.42 Å². The van der Waals surface area contributed by atoms with Crippen LogP contribution in [0, 0.1) is 0 Å². The molecule has 4 rings (SSSR count). The van der Waals surface area contributed by atoms with Gasteiger partial charge in [0.05, 0.1) is 11.0 Å². The second kappa shape index (κ2) is 6.88. The van der Waals surface area contributed by atoms with Crippen molar-refractivity contribution >= 4 is 21.8 Å². The van der Waals surface area contributed by atoms with Gasteiger partial charge < -0.3 is 4.98 Å². The van der Waals surface area contributed by atoms with Crippen LogP contribution in [0.5, 0.6) is 0 Å². The van der Waals surface area contributed by atoms with E-state index in [1.165, 1.54) is 35.6 Å². The van der Waals surface area contributed by atoms with Gasteiger partial charge in [0.1, 0.15) is 5.82 Å². The average Bonchev–Trinajstić information content (AvgIpc) is 3.04. The Hall–Kier alpha value is -2.61. The summed E-state index contributed by atoms with van der Waals surface area (Å²) in [6.07, 6.45) is 5.85. The van der Waals surface area contributed by atoms with Crippen LogP contribution < -0.4 is 0 Å². The third-order valence-electron chi connectivity index (χ3n) is 4.63. The van der Waals surface area contributed by atoms with Crippen molar-refractivity contribution in [2.24, 2.45) is 0 Å². The first-order chi connectivity index (χ1) is 11.9. The monoisotopic (exact) mass is 314 g/mol. The minimum absolute atomic E-state index is 1.03. The van der Waals surface area contributed by atoms with Gasteiger partial charge in [0.15, 0.2) is 0 Å². The molecule has 120 valence electrons. The van der Waals surface area contributed by atoms with Crippen molar-refractivity contribution in [1.29, 1.82) is 0 Å². The predicted molar refractivity (Wildman–Crippen MR) is 101 cm³/mol. The van der Waals surface area contributed by atoms with Crippen molar-refractivity contribution in [3.8, 4) is 0 Å². The highest BCUT2D eigenvalue weighted by molar-refractivity contribution is 5.83. The first-order valence-electron chi connectivity index (χ1n) is 8.80. The van der Waals surface area contributed by atoms with Gasteiger partial charge in [-0.1, -0.05) is 61.0 Å². The number of imidazole rings is 1. The molecule has 0 amide bonds. The number of hydrogen-bond acceptors (Lipinski definition) is 1. The summed E-state index contributed by atoms with van der Waals surface area (Å²) in [7, 11) is 0. The third-order valence-corrected chi connectivity index (χ3v) is 4.63. The summed E-state index contributed by atoms with van der Waals surface area (Å²) in [6.45, 7) is 0. The van der Waals surface area contributed by atoms with Crippen molar-refractivity contribution in [2.45, 2.75) is 32.1 Å². The Bertz CT molecular complexity index is 919. The fraction of sp³-hybridized carbons (Fsp3) is 0.227. The summed E-state index contributed by atoms with van der Waals surface area (Å²) in [4.78, 5) is 8.06. The van der Waals surface area contributed by atoms with Crippen LogP contribution >= 0.6 is 0 Å². The van der Waals surface area contributed by atoms with E-state index in [2.05, 4.69) is 64.6 Å². The largest absolute Gasteiger partial charge is 0.342 e. The summed E-state index contributed by atoms with van der Waals surface area (Å²) in [5, 5.41) is 2.67. The number of para-hydroxylation sites is 2. The first kappa shape index (κ1) is 14.9. The number of nitrogens with one attached hydrogen (secondary N) is 1. The molecule has 0 fully saturated rings. The van der Waals surface area contributed by atoms with Gasteiger partial charge in [-0.2, -0.15) is 0 Å². The zero-order valence-corrected chi connectivity index (χ0v) is 13.8. The number of aromatic amines is 1. The predicted octanol–water partition coefficient (Wildman–Crippen LogP) is 5.67. The van der Waals surface area contributed by atoms with Crippen LogP contribution in [-0.2, 0) is 12.8 Å². The number of nitrogens with zero attached hydrogens (tertiary/aromatic N) is 1. The van der Waals surface area contributed by atoms with Gasteiger partial charge in [-0.15, -0.1) is 0 Å². The van der Waals surface area contributed by atoms with Crippen LogP contribution in [0.25, 0.3) is 21.8 Å². The Morgan fingerprint density at radius 1 is 0.708 bits per heavy atom. The van der Waals surface area contributed by atoms with E-state index in [-0.39, 0.29) is 0 Å². The summed E-state index contributed by atoms with van der Waals surface area (Å²) >= 11 is 0. The molecule has 0 radical (unpaired) electrons. The zero-order chi connectivity index (χ0) is 16.2. The van der Waals surface area contributed by atoms with Crippen molar-refractivity contribution in [3.63, 3.8) is 0 Å². The molecular weight excluding hydrogens is 292 g/mol. The Morgan fingerprint density at radius 2 is 1.50 bits per heavy atom. The number of aromatic nitrogens is 2. The van der Waals surface area contributed by atoms with Crippen molar-refractivity contribution in [3.05, 3.63) is 78.1 Å². The van der Waals surface area contributed by atoms with Crippen molar-refractivity contribution in [2.75, 3.05) is 0 Å². The van der Waals surface area contributed by atoms with E-state index in [9.17, 15) is 0 Å². The summed E-state index contributed by atoms with van der Waals surface area (Å²) in [5.41, 5.74) is 3.66. The fourth-order valence-corrected chi connectivity index (χ4v) is 3.32. The molecule has 0 atom stereocenters. The molecule has 0 saturated heterocycles. The van der Waals surface area contributed by atoms with E-state index in [1.807, 2.05) is 12.1 Å². The molecule has 1 aromatic heterocycles. The van der Waals surface area contributed by atoms with Crippen molar-refractivity contribution < 1.29 is 0 Å². The number of benzene rings is 3. The normalized spacial score (nSPS) is 11.3. The molecule has 1 N–H and O–H groups in total. The fourth-order valence-electron chi connectivity index (χ4n) is 3.32. The molecule has 1 heterocycles. The molecule has 0 aliphatic rings. The Morgan fingerprint density at radius 3 is 2.42 bits per heavy atom. The van der Waals surface area contributed by atoms with E-state index in [1.54, 1.807) is 0 Å². The minimum Gasteiger partial charge on any atom is -0.342 e. The van der Waals surface area contributed by atoms with Crippen LogP contribution in [-0.4, -0.2) is 9.97 Å². The molecule has 0 aliphatic carbocycles. The quantitative estimate of drug-likeness (QED) is 0.456. The average molecular weight is 314 g/mol. The maximum Gasteiger partial charge on any atom is 0.107 e. The second-order valence-electron chi connectivity index (χ2n) is 6.44. The molecule has 0 aliphatic heterocycles. The molecule has 3 aromatic carbocycles. The lowest BCUT2D eigenvalue weighted by Gasteiger charge is -2.04. The summed E-state index contributed by atoms with van der Waals surface area (Å²) in [6, 6.07) is 23.6. The Labute approximate surface area is 142 Å². The number of H-pyrrole nitrogens is 1. The summed E-state index contributed by atoms with van der Waals surface area (Å²) in [5.74, 6) is 1.11. The highest BCUT2D eigenvalue weighted by Gasteiger charge is 2.02. The third kappa shape index (κ3) is 3.33. The van der Waals surface area contributed by atoms with Crippen LogP contribution in [0.3, 0.4) is 0 Å². The van der Waals surface area contributed by atoms with Crippen LogP contribution in [0.2, 0.25) is 0 Å². The Kier molecular flexibility index (Phi) is 4.28. The number of rotatable bonds is 6. The lowest BCUT2D eigenvalue weighted by Crippen LogP contribution is -1.90. The number of unbranched alkanes of at least 4 members (excludes halogenated alkanes) is 2. The van der Waals surface area contributed by atoms with E-state index in [4.69, 9.17) is 0 Å². The standard InChI is InChI=1S/C22H22N2/c1(3-13-22-23-20-11-6-7-12-21(20)24-22)2-8-17-14-15-18-9-4-5-10-19(18)16-17/h4-7,9-12,14-16H,1-3,8,13H2,(H,23,24). The second-order valence-corrected chi connectivity index (χ2v) is 6.44. The molecule has 2 nitrogen and oxygen atoms in total. The van der Waals surface area contributed by atoms with Gasteiger partial charge in [-0.3, -0.25) is 0 Å². The van der Waals surface area contributed by atoms with E-state index < -0.39 is 0 Å². The maximum atomic E-state index is 4.65. The minimum atomic E-state index is 1.03. The Balaban J connectivity index is 1.27. The lowest BCUT2D eigenvalue weighted by atomic mass is 10.0. The molecule has 0 unspecified atom stereocenters. The van der Waals surface area contributed by atoms with E-state index >= 15 is 0 Å². The molecule has 2 heteroatoms. The van der Waals surface area contributed by atoms with Gasteiger partial charge in [-0.25, -0.2) is 4.98 Å². The highest BCUT2D eigenvalue weighted by atomic mass is 14.9. The molecule has 4 aromatic rings.